The lowest BCUT2D eigenvalue weighted by Gasteiger charge is -2.29. The molecule has 126 valence electrons. The zero-order valence-electron chi connectivity index (χ0n) is 14.0. The number of ether oxygens (including phenoxy) is 2. The highest BCUT2D eigenvalue weighted by molar-refractivity contribution is 5.86. The number of esters is 1. The van der Waals surface area contributed by atoms with E-state index in [1.807, 2.05) is 26.8 Å². The van der Waals surface area contributed by atoms with E-state index < -0.39 is 11.6 Å². The Labute approximate surface area is 136 Å². The van der Waals surface area contributed by atoms with Crippen LogP contribution in [0.5, 0.6) is 0 Å². The lowest BCUT2D eigenvalue weighted by atomic mass is 10.0. The molecule has 1 amide bonds. The van der Waals surface area contributed by atoms with E-state index in [0.717, 1.165) is 6.42 Å². The summed E-state index contributed by atoms with van der Waals surface area (Å²) >= 11 is 0. The minimum Gasteiger partial charge on any atom is -0.463 e. The van der Waals surface area contributed by atoms with Crippen molar-refractivity contribution in [2.75, 3.05) is 20.2 Å². The number of hydrogen-bond donors (Lipinski definition) is 0. The molecular weight excluding hydrogens is 298 g/mol. The molecule has 0 aliphatic carbocycles. The summed E-state index contributed by atoms with van der Waals surface area (Å²) in [6.45, 7) is 6.70. The van der Waals surface area contributed by atoms with E-state index in [-0.39, 0.29) is 11.9 Å². The monoisotopic (exact) mass is 321 g/mol. The Hall–Kier alpha value is -2.24. The van der Waals surface area contributed by atoms with Gasteiger partial charge in [0.1, 0.15) is 11.4 Å². The SMILES string of the molecule is COC(=O)c1ccc(CC2=CCN(C(=O)OC(C)(C)C)CC2)o1. The molecular formula is C17H23NO5. The quantitative estimate of drug-likeness (QED) is 0.632. The Balaban J connectivity index is 1.91. The van der Waals surface area contributed by atoms with Crippen molar-refractivity contribution in [2.24, 2.45) is 0 Å². The molecule has 1 aliphatic heterocycles. The minimum atomic E-state index is -0.487. The van der Waals surface area contributed by atoms with Gasteiger partial charge in [-0.15, -0.1) is 0 Å². The molecule has 0 unspecified atom stereocenters. The predicted molar refractivity (Wildman–Crippen MR) is 84.3 cm³/mol. The van der Waals surface area contributed by atoms with Crippen molar-refractivity contribution in [3.63, 3.8) is 0 Å². The van der Waals surface area contributed by atoms with Crippen LogP contribution in [0, 0.1) is 0 Å². The number of nitrogens with zero attached hydrogens (tertiary/aromatic N) is 1. The second-order valence-corrected chi connectivity index (χ2v) is 6.47. The van der Waals surface area contributed by atoms with Crippen molar-refractivity contribution in [1.82, 2.24) is 4.90 Å². The maximum Gasteiger partial charge on any atom is 0.410 e. The zero-order valence-corrected chi connectivity index (χ0v) is 14.0. The molecule has 0 N–H and O–H groups in total. The van der Waals surface area contributed by atoms with Gasteiger partial charge in [0.15, 0.2) is 0 Å². The first-order chi connectivity index (χ1) is 10.8. The van der Waals surface area contributed by atoms with Gasteiger partial charge in [-0.3, -0.25) is 0 Å². The van der Waals surface area contributed by atoms with Gasteiger partial charge < -0.3 is 18.8 Å². The van der Waals surface area contributed by atoms with Crippen molar-refractivity contribution in [3.05, 3.63) is 35.3 Å². The molecule has 2 heterocycles. The summed E-state index contributed by atoms with van der Waals surface area (Å²) in [4.78, 5) is 25.0. The van der Waals surface area contributed by atoms with E-state index in [9.17, 15) is 9.59 Å². The smallest absolute Gasteiger partial charge is 0.410 e. The second kappa shape index (κ2) is 6.89. The van der Waals surface area contributed by atoms with Crippen LogP contribution in [-0.2, 0) is 15.9 Å². The van der Waals surface area contributed by atoms with Gasteiger partial charge in [-0.1, -0.05) is 11.6 Å². The summed E-state index contributed by atoms with van der Waals surface area (Å²) < 4.78 is 15.4. The van der Waals surface area contributed by atoms with Gasteiger partial charge in [0.25, 0.3) is 0 Å². The summed E-state index contributed by atoms with van der Waals surface area (Å²) in [5, 5.41) is 0. The summed E-state index contributed by atoms with van der Waals surface area (Å²) in [6, 6.07) is 3.38. The van der Waals surface area contributed by atoms with Crippen LogP contribution in [0.2, 0.25) is 0 Å². The summed E-state index contributed by atoms with van der Waals surface area (Å²) in [5.41, 5.74) is 0.690. The third-order valence-electron chi connectivity index (χ3n) is 3.40. The third-order valence-corrected chi connectivity index (χ3v) is 3.40. The van der Waals surface area contributed by atoms with Gasteiger partial charge in [0.05, 0.1) is 7.11 Å². The fourth-order valence-electron chi connectivity index (χ4n) is 2.27. The van der Waals surface area contributed by atoms with Crippen LogP contribution in [0.1, 0.15) is 43.5 Å². The van der Waals surface area contributed by atoms with Gasteiger partial charge in [-0.2, -0.15) is 0 Å². The molecule has 23 heavy (non-hydrogen) atoms. The lowest BCUT2D eigenvalue weighted by molar-refractivity contribution is 0.0265. The zero-order chi connectivity index (χ0) is 17.0. The number of rotatable bonds is 3. The Kier molecular flexibility index (Phi) is 5.13. The summed E-state index contributed by atoms with van der Waals surface area (Å²) in [7, 11) is 1.32. The van der Waals surface area contributed by atoms with E-state index in [0.29, 0.717) is 25.3 Å². The number of furan rings is 1. The largest absolute Gasteiger partial charge is 0.463 e. The Morgan fingerprint density at radius 2 is 2.04 bits per heavy atom. The van der Waals surface area contributed by atoms with Crippen LogP contribution in [0.4, 0.5) is 4.79 Å². The van der Waals surface area contributed by atoms with E-state index >= 15 is 0 Å². The molecule has 6 nitrogen and oxygen atoms in total. The maximum absolute atomic E-state index is 12.0. The molecule has 2 rings (SSSR count). The normalized spacial score (nSPS) is 15.1. The second-order valence-electron chi connectivity index (χ2n) is 6.47. The predicted octanol–water partition coefficient (Wildman–Crippen LogP) is 3.18. The Morgan fingerprint density at radius 3 is 2.61 bits per heavy atom. The first-order valence-electron chi connectivity index (χ1n) is 7.61. The molecule has 0 spiro atoms. The van der Waals surface area contributed by atoms with Crippen LogP contribution in [-0.4, -0.2) is 42.8 Å². The molecule has 6 heteroatoms. The average molecular weight is 321 g/mol. The van der Waals surface area contributed by atoms with Crippen molar-refractivity contribution < 1.29 is 23.5 Å². The highest BCUT2D eigenvalue weighted by Crippen LogP contribution is 2.20. The Bertz CT molecular complexity index is 609. The van der Waals surface area contributed by atoms with E-state index in [1.165, 1.54) is 12.7 Å². The molecule has 1 aromatic heterocycles. The average Bonchev–Trinajstić information content (AvgIpc) is 2.94. The first kappa shape index (κ1) is 17.1. The summed E-state index contributed by atoms with van der Waals surface area (Å²) in [5.74, 6) is 0.432. The molecule has 0 saturated heterocycles. The molecule has 1 aliphatic rings. The molecule has 0 fully saturated rings. The van der Waals surface area contributed by atoms with Crippen LogP contribution < -0.4 is 0 Å². The molecule has 0 bridgehead atoms. The van der Waals surface area contributed by atoms with Gasteiger partial charge in [0, 0.05) is 19.5 Å². The lowest BCUT2D eigenvalue weighted by Crippen LogP contribution is -2.39. The third kappa shape index (κ3) is 4.87. The summed E-state index contributed by atoms with van der Waals surface area (Å²) in [6.07, 6.45) is 3.10. The van der Waals surface area contributed by atoms with Crippen LogP contribution in [0.15, 0.2) is 28.2 Å². The minimum absolute atomic E-state index is 0.203. The fraction of sp³-hybridized carbons (Fsp3) is 0.529. The maximum atomic E-state index is 12.0. The van der Waals surface area contributed by atoms with Crippen LogP contribution in [0.3, 0.4) is 0 Å². The van der Waals surface area contributed by atoms with E-state index in [2.05, 4.69) is 4.74 Å². The number of methoxy groups -OCH3 is 1. The number of carbonyl (C=O) groups is 2. The molecule has 0 atom stereocenters. The van der Waals surface area contributed by atoms with Gasteiger partial charge >= 0.3 is 12.1 Å². The molecule has 0 aromatic carbocycles. The molecule has 1 aromatic rings. The standard InChI is InChI=1S/C17H23NO5/c1-17(2,3)23-16(20)18-9-7-12(8-10-18)11-13-5-6-14(22-13)15(19)21-4/h5-7H,8-11H2,1-4H3. The molecule has 0 radical (unpaired) electrons. The molecule has 0 saturated carbocycles. The van der Waals surface area contributed by atoms with E-state index in [4.69, 9.17) is 9.15 Å². The van der Waals surface area contributed by atoms with Crippen LogP contribution in [0.25, 0.3) is 0 Å². The number of amides is 1. The van der Waals surface area contributed by atoms with Gasteiger partial charge in [-0.25, -0.2) is 9.59 Å². The fourth-order valence-corrected chi connectivity index (χ4v) is 2.27. The van der Waals surface area contributed by atoms with Crippen molar-refractivity contribution in [2.45, 2.75) is 39.2 Å². The highest BCUT2D eigenvalue weighted by atomic mass is 16.6. The van der Waals surface area contributed by atoms with E-state index in [1.54, 1.807) is 17.0 Å². The van der Waals surface area contributed by atoms with Crippen molar-refractivity contribution in [3.8, 4) is 0 Å². The van der Waals surface area contributed by atoms with Crippen molar-refractivity contribution in [1.29, 1.82) is 0 Å². The van der Waals surface area contributed by atoms with Gasteiger partial charge in [0.2, 0.25) is 5.76 Å². The Morgan fingerprint density at radius 1 is 1.30 bits per heavy atom. The first-order valence-corrected chi connectivity index (χ1v) is 7.61. The van der Waals surface area contributed by atoms with Gasteiger partial charge in [-0.05, 0) is 39.3 Å². The van der Waals surface area contributed by atoms with Crippen molar-refractivity contribution >= 4 is 12.1 Å². The highest BCUT2D eigenvalue weighted by Gasteiger charge is 2.24. The van der Waals surface area contributed by atoms with Crippen LogP contribution >= 0.6 is 0 Å². The topological polar surface area (TPSA) is 69.0 Å². The number of hydrogen-bond acceptors (Lipinski definition) is 5. The number of carbonyl (C=O) groups excluding carboxylic acids is 2.